The van der Waals surface area contributed by atoms with Crippen molar-refractivity contribution in [3.63, 3.8) is 0 Å². The van der Waals surface area contributed by atoms with E-state index < -0.39 is 0 Å². The number of methoxy groups -OCH3 is 1. The lowest BCUT2D eigenvalue weighted by atomic mass is 10.1. The smallest absolute Gasteiger partial charge is 0.255 e. The van der Waals surface area contributed by atoms with Crippen LogP contribution in [-0.4, -0.2) is 47.1 Å². The van der Waals surface area contributed by atoms with Crippen molar-refractivity contribution in [2.45, 2.75) is 38.5 Å². The van der Waals surface area contributed by atoms with Crippen LogP contribution in [-0.2, 0) is 11.2 Å². The molecule has 0 spiro atoms. The average Bonchev–Trinajstić information content (AvgIpc) is 3.33. The lowest BCUT2D eigenvalue weighted by Gasteiger charge is -2.27. The third-order valence-corrected chi connectivity index (χ3v) is 5.69. The number of aromatic nitrogens is 2. The SMILES string of the molecule is COc1ccc(-c2noc(CCCC(=O)Nc3ccccc3C(=O)N3CCCCC3)n2)cc1. The van der Waals surface area contributed by atoms with Crippen molar-refractivity contribution in [3.05, 3.63) is 60.0 Å². The summed E-state index contributed by atoms with van der Waals surface area (Å²) < 4.78 is 10.5. The van der Waals surface area contributed by atoms with Crippen molar-refractivity contribution in [2.24, 2.45) is 0 Å². The van der Waals surface area contributed by atoms with E-state index in [0.29, 0.717) is 35.8 Å². The fourth-order valence-corrected chi connectivity index (χ4v) is 3.87. The Morgan fingerprint density at radius 3 is 2.58 bits per heavy atom. The van der Waals surface area contributed by atoms with Gasteiger partial charge in [-0.2, -0.15) is 4.98 Å². The Morgan fingerprint density at radius 2 is 1.82 bits per heavy atom. The molecule has 4 rings (SSSR count). The van der Waals surface area contributed by atoms with E-state index in [1.807, 2.05) is 41.3 Å². The van der Waals surface area contributed by atoms with Crippen LogP contribution in [0.1, 0.15) is 48.4 Å². The number of nitrogens with zero attached hydrogens (tertiary/aromatic N) is 3. The standard InChI is InChI=1S/C25H28N4O4/c1-32-19-14-12-18(13-15-19)24-27-23(33-28-24)11-7-10-22(30)26-21-9-4-3-8-20(21)25(31)29-16-5-2-6-17-29/h3-4,8-9,12-15H,2,5-7,10-11,16-17H2,1H3,(H,26,30). The molecule has 0 aliphatic carbocycles. The Kier molecular flexibility index (Phi) is 7.34. The first-order valence-electron chi connectivity index (χ1n) is 11.3. The fraction of sp³-hybridized carbons (Fsp3) is 0.360. The van der Waals surface area contributed by atoms with Gasteiger partial charge in [0.05, 0.1) is 18.4 Å². The molecule has 1 aromatic heterocycles. The molecule has 2 amide bonds. The zero-order chi connectivity index (χ0) is 23.0. The van der Waals surface area contributed by atoms with Crippen molar-refractivity contribution in [2.75, 3.05) is 25.5 Å². The van der Waals surface area contributed by atoms with Gasteiger partial charge in [-0.25, -0.2) is 0 Å². The number of rotatable bonds is 8. The summed E-state index contributed by atoms with van der Waals surface area (Å²) in [5.74, 6) is 1.57. The predicted octanol–water partition coefficient (Wildman–Crippen LogP) is 4.33. The summed E-state index contributed by atoms with van der Waals surface area (Å²) in [6.07, 6.45) is 4.53. The zero-order valence-electron chi connectivity index (χ0n) is 18.8. The summed E-state index contributed by atoms with van der Waals surface area (Å²) in [4.78, 5) is 31.7. The normalized spacial score (nSPS) is 13.5. The highest BCUT2D eigenvalue weighted by molar-refractivity contribution is 6.03. The van der Waals surface area contributed by atoms with Gasteiger partial charge in [0, 0.05) is 31.5 Å². The van der Waals surface area contributed by atoms with E-state index in [1.165, 1.54) is 0 Å². The molecule has 0 radical (unpaired) electrons. The summed E-state index contributed by atoms with van der Waals surface area (Å²) in [7, 11) is 1.61. The van der Waals surface area contributed by atoms with E-state index in [0.717, 1.165) is 43.7 Å². The maximum Gasteiger partial charge on any atom is 0.255 e. The summed E-state index contributed by atoms with van der Waals surface area (Å²) >= 11 is 0. The molecule has 2 heterocycles. The number of carbonyl (C=O) groups excluding carboxylic acids is 2. The summed E-state index contributed by atoms with van der Waals surface area (Å²) in [5.41, 5.74) is 1.92. The molecule has 0 bridgehead atoms. The Balaban J connectivity index is 1.30. The van der Waals surface area contributed by atoms with Crippen LogP contribution in [0.25, 0.3) is 11.4 Å². The second kappa shape index (κ2) is 10.8. The predicted molar refractivity (Wildman–Crippen MR) is 124 cm³/mol. The maximum atomic E-state index is 12.9. The zero-order valence-corrected chi connectivity index (χ0v) is 18.8. The molecule has 8 nitrogen and oxygen atoms in total. The molecule has 172 valence electrons. The van der Waals surface area contributed by atoms with Gasteiger partial charge in [0.15, 0.2) is 0 Å². The number of anilines is 1. The van der Waals surface area contributed by atoms with Crippen LogP contribution < -0.4 is 10.1 Å². The Morgan fingerprint density at radius 1 is 1.06 bits per heavy atom. The molecule has 1 aliphatic rings. The van der Waals surface area contributed by atoms with Crippen LogP contribution in [0, 0.1) is 0 Å². The van der Waals surface area contributed by atoms with Crippen molar-refractivity contribution in [1.29, 1.82) is 0 Å². The van der Waals surface area contributed by atoms with Gasteiger partial charge >= 0.3 is 0 Å². The molecular weight excluding hydrogens is 420 g/mol. The lowest BCUT2D eigenvalue weighted by molar-refractivity contribution is -0.116. The number of hydrogen-bond donors (Lipinski definition) is 1. The third-order valence-electron chi connectivity index (χ3n) is 5.69. The number of carbonyl (C=O) groups is 2. The van der Waals surface area contributed by atoms with E-state index in [9.17, 15) is 9.59 Å². The molecule has 0 saturated carbocycles. The topological polar surface area (TPSA) is 97.6 Å². The molecule has 1 fully saturated rings. The maximum absolute atomic E-state index is 12.9. The molecule has 1 saturated heterocycles. The molecule has 0 atom stereocenters. The van der Waals surface area contributed by atoms with Crippen LogP contribution in [0.4, 0.5) is 5.69 Å². The number of nitrogens with one attached hydrogen (secondary N) is 1. The molecule has 33 heavy (non-hydrogen) atoms. The largest absolute Gasteiger partial charge is 0.497 e. The lowest BCUT2D eigenvalue weighted by Crippen LogP contribution is -2.36. The number of piperidine rings is 1. The Labute approximate surface area is 192 Å². The number of benzene rings is 2. The van der Waals surface area contributed by atoms with Gasteiger partial charge in [0.2, 0.25) is 17.6 Å². The highest BCUT2D eigenvalue weighted by atomic mass is 16.5. The minimum Gasteiger partial charge on any atom is -0.497 e. The highest BCUT2D eigenvalue weighted by Gasteiger charge is 2.21. The quantitative estimate of drug-likeness (QED) is 0.551. The number of ether oxygens (including phenoxy) is 1. The van der Waals surface area contributed by atoms with Crippen LogP contribution in [0.3, 0.4) is 0 Å². The molecule has 1 aliphatic heterocycles. The van der Waals surface area contributed by atoms with Gasteiger partial charge in [-0.15, -0.1) is 0 Å². The van der Waals surface area contributed by atoms with Gasteiger partial charge in [0.25, 0.3) is 5.91 Å². The molecule has 8 heteroatoms. The van der Waals surface area contributed by atoms with Crippen LogP contribution >= 0.6 is 0 Å². The Bertz CT molecular complexity index is 1090. The number of aryl methyl sites for hydroxylation is 1. The molecule has 0 unspecified atom stereocenters. The van der Waals surface area contributed by atoms with E-state index >= 15 is 0 Å². The van der Waals surface area contributed by atoms with Crippen LogP contribution in [0.2, 0.25) is 0 Å². The van der Waals surface area contributed by atoms with Gasteiger partial charge in [-0.1, -0.05) is 17.3 Å². The van der Waals surface area contributed by atoms with Gasteiger partial charge in [-0.3, -0.25) is 9.59 Å². The molecular formula is C25H28N4O4. The van der Waals surface area contributed by atoms with Crippen LogP contribution in [0.15, 0.2) is 53.1 Å². The van der Waals surface area contributed by atoms with Crippen molar-refractivity contribution in [3.8, 4) is 17.1 Å². The Hall–Kier alpha value is -3.68. The first kappa shape index (κ1) is 22.5. The number of para-hydroxylation sites is 1. The van der Waals surface area contributed by atoms with Gasteiger partial charge in [0.1, 0.15) is 5.75 Å². The number of amides is 2. The second-order valence-electron chi connectivity index (χ2n) is 8.04. The van der Waals surface area contributed by atoms with E-state index in [-0.39, 0.29) is 18.2 Å². The minimum atomic E-state index is -0.149. The van der Waals surface area contributed by atoms with Crippen molar-refractivity contribution >= 4 is 17.5 Å². The first-order valence-corrected chi connectivity index (χ1v) is 11.3. The van der Waals surface area contributed by atoms with E-state index in [4.69, 9.17) is 9.26 Å². The molecule has 2 aromatic carbocycles. The molecule has 3 aromatic rings. The summed E-state index contributed by atoms with van der Waals surface area (Å²) in [6.45, 7) is 1.54. The molecule has 1 N–H and O–H groups in total. The van der Waals surface area contributed by atoms with E-state index in [1.54, 1.807) is 19.2 Å². The van der Waals surface area contributed by atoms with Crippen molar-refractivity contribution < 1.29 is 18.8 Å². The summed E-state index contributed by atoms with van der Waals surface area (Å²) in [6, 6.07) is 14.6. The van der Waals surface area contributed by atoms with Gasteiger partial charge in [-0.05, 0) is 62.1 Å². The third kappa shape index (κ3) is 5.77. The number of likely N-dealkylation sites (tertiary alicyclic amines) is 1. The first-order chi connectivity index (χ1) is 16.1. The summed E-state index contributed by atoms with van der Waals surface area (Å²) in [5, 5.41) is 6.91. The fourth-order valence-electron chi connectivity index (χ4n) is 3.87. The van der Waals surface area contributed by atoms with Crippen molar-refractivity contribution in [1.82, 2.24) is 15.0 Å². The van der Waals surface area contributed by atoms with Gasteiger partial charge < -0.3 is 19.5 Å². The van der Waals surface area contributed by atoms with E-state index in [2.05, 4.69) is 15.5 Å². The highest BCUT2D eigenvalue weighted by Crippen LogP contribution is 2.22. The average molecular weight is 449 g/mol. The monoisotopic (exact) mass is 448 g/mol. The minimum absolute atomic E-state index is 0.0254. The van der Waals surface area contributed by atoms with Crippen LogP contribution in [0.5, 0.6) is 5.75 Å². The number of hydrogen-bond acceptors (Lipinski definition) is 6. The second-order valence-corrected chi connectivity index (χ2v) is 8.04.